The molecule has 0 spiro atoms. The first-order valence-electron chi connectivity index (χ1n) is 4.18. The van der Waals surface area contributed by atoms with Crippen LogP contribution in [0.4, 0.5) is 17.6 Å². The van der Waals surface area contributed by atoms with Gasteiger partial charge < -0.3 is 5.11 Å². The van der Waals surface area contributed by atoms with E-state index in [0.29, 0.717) is 5.56 Å². The van der Waals surface area contributed by atoms with Gasteiger partial charge >= 0.3 is 6.18 Å². The van der Waals surface area contributed by atoms with E-state index in [2.05, 4.69) is 15.9 Å². The van der Waals surface area contributed by atoms with Gasteiger partial charge in [0.2, 0.25) is 0 Å². The minimum absolute atomic E-state index is 0.358. The first kappa shape index (κ1) is 13.2. The Morgan fingerprint density at radius 1 is 1.25 bits per heavy atom. The van der Waals surface area contributed by atoms with Crippen LogP contribution in [0, 0.1) is 5.82 Å². The van der Waals surface area contributed by atoms with Gasteiger partial charge in [0.1, 0.15) is 5.82 Å². The molecule has 1 aromatic carbocycles. The zero-order valence-electron chi connectivity index (χ0n) is 7.80. The second kappa shape index (κ2) is 4.97. The fourth-order valence-electron chi connectivity index (χ4n) is 0.954. The summed E-state index contributed by atoms with van der Waals surface area (Å²) in [5, 5.41) is 8.86. The maximum absolute atomic E-state index is 12.5. The highest BCUT2D eigenvalue weighted by molar-refractivity contribution is 9.11. The van der Waals surface area contributed by atoms with Crippen LogP contribution in [0.25, 0.3) is 6.08 Å². The van der Waals surface area contributed by atoms with Crippen LogP contribution in [0.15, 0.2) is 28.7 Å². The number of alkyl halides is 3. The van der Waals surface area contributed by atoms with Crippen molar-refractivity contribution in [2.24, 2.45) is 0 Å². The minimum Gasteiger partial charge on any atom is -0.379 e. The van der Waals surface area contributed by atoms with Gasteiger partial charge in [0.25, 0.3) is 0 Å². The molecule has 0 aromatic heterocycles. The Bertz CT molecular complexity index is 383. The number of hydrogen-bond acceptors (Lipinski definition) is 1. The van der Waals surface area contributed by atoms with Gasteiger partial charge in [-0.2, -0.15) is 13.2 Å². The summed E-state index contributed by atoms with van der Waals surface area (Å²) in [5.41, 5.74) is 0.358. The maximum Gasteiger partial charge on any atom is 0.419 e. The van der Waals surface area contributed by atoms with Crippen molar-refractivity contribution in [3.63, 3.8) is 0 Å². The molecule has 0 aliphatic heterocycles. The molecule has 0 amide bonds. The lowest BCUT2D eigenvalue weighted by atomic mass is 10.2. The van der Waals surface area contributed by atoms with E-state index in [-0.39, 0.29) is 0 Å². The number of benzene rings is 1. The van der Waals surface area contributed by atoms with Crippen LogP contribution in [-0.4, -0.2) is 17.4 Å². The summed E-state index contributed by atoms with van der Waals surface area (Å²) in [7, 11) is 0. The number of aliphatic hydroxyl groups is 1. The van der Waals surface area contributed by atoms with Gasteiger partial charge in [0.05, 0.1) is 0 Å². The Morgan fingerprint density at radius 2 is 1.75 bits per heavy atom. The van der Waals surface area contributed by atoms with Gasteiger partial charge in [-0.1, -0.05) is 28.1 Å². The second-order valence-electron chi connectivity index (χ2n) is 3.02. The van der Waals surface area contributed by atoms with E-state index < -0.39 is 22.6 Å². The number of rotatable bonds is 2. The van der Waals surface area contributed by atoms with Gasteiger partial charge in [-0.05, 0) is 23.8 Å². The molecule has 88 valence electrons. The number of halogens is 5. The highest BCUT2D eigenvalue weighted by Gasteiger charge is 2.39. The summed E-state index contributed by atoms with van der Waals surface area (Å²) in [6, 6.07) is 4.84. The molecule has 16 heavy (non-hydrogen) atoms. The molecule has 0 bridgehead atoms. The molecule has 1 unspecified atom stereocenters. The SMILES string of the molecule is OC(/C(Br)=C/c1ccc(F)cc1)C(F)(F)F. The number of hydrogen-bond donors (Lipinski definition) is 1. The molecular formula is C10H7BrF4O. The number of aliphatic hydroxyl groups excluding tert-OH is 1. The van der Waals surface area contributed by atoms with E-state index in [1.807, 2.05) is 0 Å². The van der Waals surface area contributed by atoms with E-state index in [4.69, 9.17) is 5.11 Å². The van der Waals surface area contributed by atoms with Crippen LogP contribution >= 0.6 is 15.9 Å². The summed E-state index contributed by atoms with van der Waals surface area (Å²) in [4.78, 5) is 0. The van der Waals surface area contributed by atoms with E-state index in [1.165, 1.54) is 12.1 Å². The van der Waals surface area contributed by atoms with Crippen LogP contribution < -0.4 is 0 Å². The molecule has 1 nitrogen and oxygen atoms in total. The molecule has 1 atom stereocenters. The highest BCUT2D eigenvalue weighted by Crippen LogP contribution is 2.29. The summed E-state index contributed by atoms with van der Waals surface area (Å²) in [5.74, 6) is -0.482. The van der Waals surface area contributed by atoms with Gasteiger partial charge in [-0.15, -0.1) is 0 Å². The molecule has 6 heteroatoms. The first-order valence-corrected chi connectivity index (χ1v) is 4.97. The summed E-state index contributed by atoms with van der Waals surface area (Å²) < 4.78 is 48.3. The zero-order valence-corrected chi connectivity index (χ0v) is 9.39. The third-order valence-electron chi connectivity index (χ3n) is 1.75. The van der Waals surface area contributed by atoms with Gasteiger partial charge in [-0.3, -0.25) is 0 Å². The Balaban J connectivity index is 2.88. The fraction of sp³-hybridized carbons (Fsp3) is 0.200. The Morgan fingerprint density at radius 3 is 2.19 bits per heavy atom. The molecule has 0 aliphatic rings. The predicted molar refractivity (Wildman–Crippen MR) is 55.4 cm³/mol. The third kappa shape index (κ3) is 3.61. The van der Waals surface area contributed by atoms with Crippen LogP contribution in [-0.2, 0) is 0 Å². The highest BCUT2D eigenvalue weighted by atomic mass is 79.9. The molecule has 1 aromatic rings. The fourth-order valence-corrected chi connectivity index (χ4v) is 1.48. The van der Waals surface area contributed by atoms with Gasteiger partial charge in [0, 0.05) is 4.48 Å². The van der Waals surface area contributed by atoms with Crippen LogP contribution in [0.1, 0.15) is 5.56 Å². The summed E-state index contributed by atoms with van der Waals surface area (Å²) in [6.45, 7) is 0. The molecule has 0 heterocycles. The molecule has 1 rings (SSSR count). The lowest BCUT2D eigenvalue weighted by Gasteiger charge is -2.13. The standard InChI is InChI=1S/C10H7BrF4O/c11-8(9(16)10(13,14)15)5-6-1-3-7(12)4-2-6/h1-5,9,16H/b8-5-. The van der Waals surface area contributed by atoms with Crippen LogP contribution in [0.5, 0.6) is 0 Å². The first-order chi connectivity index (χ1) is 7.30. The van der Waals surface area contributed by atoms with Crippen molar-refractivity contribution < 1.29 is 22.7 Å². The van der Waals surface area contributed by atoms with E-state index >= 15 is 0 Å². The van der Waals surface area contributed by atoms with Gasteiger partial charge in [0.15, 0.2) is 6.10 Å². The Kier molecular flexibility index (Phi) is 4.09. The van der Waals surface area contributed by atoms with Crippen molar-refractivity contribution >= 4 is 22.0 Å². The predicted octanol–water partition coefficient (Wildman–Crippen LogP) is 3.48. The lowest BCUT2D eigenvalue weighted by molar-refractivity contribution is -0.188. The lowest BCUT2D eigenvalue weighted by Crippen LogP contribution is -2.28. The molecular weight excluding hydrogens is 292 g/mol. The van der Waals surface area contributed by atoms with Crippen molar-refractivity contribution in [2.45, 2.75) is 12.3 Å². The van der Waals surface area contributed by atoms with Crippen molar-refractivity contribution in [2.75, 3.05) is 0 Å². The normalized spacial score (nSPS) is 15.0. The van der Waals surface area contributed by atoms with Crippen molar-refractivity contribution in [3.8, 4) is 0 Å². The Hall–Kier alpha value is -0.880. The van der Waals surface area contributed by atoms with Crippen molar-refractivity contribution in [1.29, 1.82) is 0 Å². The molecule has 0 fully saturated rings. The van der Waals surface area contributed by atoms with E-state index in [0.717, 1.165) is 18.2 Å². The average Bonchev–Trinajstić information content (AvgIpc) is 2.19. The summed E-state index contributed by atoms with van der Waals surface area (Å²) in [6.07, 6.45) is -6.22. The average molecular weight is 299 g/mol. The van der Waals surface area contributed by atoms with E-state index in [1.54, 1.807) is 0 Å². The monoisotopic (exact) mass is 298 g/mol. The van der Waals surface area contributed by atoms with Crippen molar-refractivity contribution in [1.82, 2.24) is 0 Å². The Labute approximate surface area is 97.5 Å². The molecule has 0 aliphatic carbocycles. The molecule has 0 radical (unpaired) electrons. The topological polar surface area (TPSA) is 20.2 Å². The molecule has 0 saturated carbocycles. The van der Waals surface area contributed by atoms with Crippen molar-refractivity contribution in [3.05, 3.63) is 40.1 Å². The summed E-state index contributed by atoms with van der Waals surface area (Å²) >= 11 is 2.63. The smallest absolute Gasteiger partial charge is 0.379 e. The van der Waals surface area contributed by atoms with Gasteiger partial charge in [-0.25, -0.2) is 4.39 Å². The minimum atomic E-state index is -4.73. The largest absolute Gasteiger partial charge is 0.419 e. The van der Waals surface area contributed by atoms with Crippen LogP contribution in [0.2, 0.25) is 0 Å². The molecule has 0 saturated heterocycles. The van der Waals surface area contributed by atoms with E-state index in [9.17, 15) is 17.6 Å². The van der Waals surface area contributed by atoms with Crippen LogP contribution in [0.3, 0.4) is 0 Å². The third-order valence-corrected chi connectivity index (χ3v) is 2.41. The maximum atomic E-state index is 12.5. The molecule has 1 N–H and O–H groups in total. The quantitative estimate of drug-likeness (QED) is 0.829. The zero-order chi connectivity index (χ0) is 12.3. The second-order valence-corrected chi connectivity index (χ2v) is 3.94.